The van der Waals surface area contributed by atoms with Crippen molar-refractivity contribution < 1.29 is 18.3 Å². The quantitative estimate of drug-likeness (QED) is 0.597. The van der Waals surface area contributed by atoms with Gasteiger partial charge in [0.2, 0.25) is 10.0 Å². The molecule has 0 aliphatic heterocycles. The van der Waals surface area contributed by atoms with E-state index in [0.29, 0.717) is 0 Å². The molecule has 0 atom stereocenters. The number of aliphatic carboxylic acids is 1. The molecule has 1 saturated carbocycles. The van der Waals surface area contributed by atoms with E-state index >= 15 is 0 Å². The molecule has 6 nitrogen and oxygen atoms in total. The van der Waals surface area contributed by atoms with E-state index in [9.17, 15) is 13.2 Å². The van der Waals surface area contributed by atoms with E-state index in [1.165, 1.54) is 0 Å². The van der Waals surface area contributed by atoms with Gasteiger partial charge in [-0.25, -0.2) is 13.1 Å². The lowest BCUT2D eigenvalue weighted by Gasteiger charge is -2.28. The molecule has 1 rings (SSSR count). The number of nitrogens with two attached hydrogens (primary N) is 1. The van der Waals surface area contributed by atoms with Crippen LogP contribution in [0.1, 0.15) is 32.1 Å². The molecule has 0 unspecified atom stereocenters. The molecule has 7 heteroatoms. The highest BCUT2D eigenvalue weighted by atomic mass is 32.2. The van der Waals surface area contributed by atoms with E-state index in [1.54, 1.807) is 0 Å². The van der Waals surface area contributed by atoms with Gasteiger partial charge in [-0.1, -0.05) is 12.8 Å². The second-order valence-electron chi connectivity index (χ2n) is 4.26. The monoisotopic (exact) mass is 250 g/mol. The van der Waals surface area contributed by atoms with E-state index < -0.39 is 21.5 Å². The molecule has 0 saturated heterocycles. The van der Waals surface area contributed by atoms with Crippen molar-refractivity contribution in [3.05, 3.63) is 0 Å². The van der Waals surface area contributed by atoms with Gasteiger partial charge in [-0.05, 0) is 12.8 Å². The van der Waals surface area contributed by atoms with Crippen LogP contribution in [0.2, 0.25) is 0 Å². The van der Waals surface area contributed by atoms with Crippen molar-refractivity contribution in [1.29, 1.82) is 0 Å². The van der Waals surface area contributed by atoms with Gasteiger partial charge in [0.25, 0.3) is 0 Å². The molecule has 0 heterocycles. The Balaban J connectivity index is 2.60. The first-order valence-electron chi connectivity index (χ1n) is 5.33. The number of carboxylic acid groups (broad SMARTS) is 1. The molecule has 0 aromatic heterocycles. The number of hydrogen-bond acceptors (Lipinski definition) is 4. The van der Waals surface area contributed by atoms with E-state index in [-0.39, 0.29) is 18.7 Å². The highest BCUT2D eigenvalue weighted by Gasteiger charge is 2.36. The van der Waals surface area contributed by atoms with E-state index in [0.717, 1.165) is 25.7 Å². The van der Waals surface area contributed by atoms with Crippen LogP contribution in [-0.2, 0) is 14.8 Å². The first-order chi connectivity index (χ1) is 7.39. The topological polar surface area (TPSA) is 109 Å². The summed E-state index contributed by atoms with van der Waals surface area (Å²) in [6.07, 6.45) is 3.00. The van der Waals surface area contributed by atoms with Gasteiger partial charge in [-0.3, -0.25) is 4.79 Å². The minimum Gasteiger partial charge on any atom is -0.481 e. The summed E-state index contributed by atoms with van der Waals surface area (Å²) in [5.74, 6) is -1.50. The lowest BCUT2D eigenvalue weighted by atomic mass is 10.0. The van der Waals surface area contributed by atoms with Crippen LogP contribution in [0.25, 0.3) is 0 Å². The van der Waals surface area contributed by atoms with E-state index in [1.807, 2.05) is 0 Å². The average molecular weight is 250 g/mol. The maximum atomic E-state index is 11.6. The zero-order chi connectivity index (χ0) is 12.2. The summed E-state index contributed by atoms with van der Waals surface area (Å²) < 4.78 is 25.8. The van der Waals surface area contributed by atoms with Crippen molar-refractivity contribution >= 4 is 16.0 Å². The van der Waals surface area contributed by atoms with Crippen LogP contribution in [0.3, 0.4) is 0 Å². The fourth-order valence-electron chi connectivity index (χ4n) is 2.00. The number of carboxylic acids is 1. The van der Waals surface area contributed by atoms with Gasteiger partial charge in [-0.2, -0.15) is 0 Å². The van der Waals surface area contributed by atoms with Crippen LogP contribution in [0.5, 0.6) is 0 Å². The molecule has 0 spiro atoms. The molecular formula is C9H18N2O4S. The standard InChI is InChI=1S/C9H18N2O4S/c10-7-9(4-1-2-5-9)11-16(14,15)6-3-8(12)13/h11H,1-7,10H2,(H,12,13). The summed E-state index contributed by atoms with van der Waals surface area (Å²) >= 11 is 0. The second kappa shape index (κ2) is 5.11. The molecule has 1 fully saturated rings. The summed E-state index contributed by atoms with van der Waals surface area (Å²) in [5, 5.41) is 8.44. The Labute approximate surface area is 95.3 Å². The SMILES string of the molecule is NCC1(NS(=O)(=O)CCC(=O)O)CCCC1. The fraction of sp³-hybridized carbons (Fsp3) is 0.889. The molecular weight excluding hydrogens is 232 g/mol. The van der Waals surface area contributed by atoms with Gasteiger partial charge >= 0.3 is 5.97 Å². The lowest BCUT2D eigenvalue weighted by Crippen LogP contribution is -2.52. The first-order valence-corrected chi connectivity index (χ1v) is 6.98. The van der Waals surface area contributed by atoms with Crippen LogP contribution in [0.15, 0.2) is 0 Å². The summed E-state index contributed by atoms with van der Waals surface area (Å²) in [6, 6.07) is 0. The Kier molecular flexibility index (Phi) is 4.28. The van der Waals surface area contributed by atoms with Crippen LogP contribution in [0.4, 0.5) is 0 Å². The molecule has 4 N–H and O–H groups in total. The van der Waals surface area contributed by atoms with Crippen molar-refractivity contribution in [3.63, 3.8) is 0 Å². The molecule has 94 valence electrons. The van der Waals surface area contributed by atoms with Crippen LogP contribution in [-0.4, -0.2) is 37.3 Å². The van der Waals surface area contributed by atoms with Crippen LogP contribution < -0.4 is 10.5 Å². The molecule has 1 aliphatic rings. The maximum Gasteiger partial charge on any atom is 0.304 e. The normalized spacial score (nSPS) is 19.8. The number of carbonyl (C=O) groups is 1. The highest BCUT2D eigenvalue weighted by Crippen LogP contribution is 2.29. The minimum atomic E-state index is -3.54. The summed E-state index contributed by atoms with van der Waals surface area (Å²) in [6.45, 7) is 0.263. The van der Waals surface area contributed by atoms with Gasteiger partial charge in [-0.15, -0.1) is 0 Å². The molecule has 0 radical (unpaired) electrons. The third-order valence-electron chi connectivity index (χ3n) is 2.91. The smallest absolute Gasteiger partial charge is 0.304 e. The van der Waals surface area contributed by atoms with Gasteiger partial charge in [0.05, 0.1) is 12.2 Å². The Bertz CT molecular complexity index is 347. The van der Waals surface area contributed by atoms with Gasteiger partial charge in [0.15, 0.2) is 0 Å². The van der Waals surface area contributed by atoms with E-state index in [2.05, 4.69) is 4.72 Å². The Morgan fingerprint density at radius 1 is 1.38 bits per heavy atom. The van der Waals surface area contributed by atoms with Crippen molar-refractivity contribution in [2.24, 2.45) is 5.73 Å². The minimum absolute atomic E-state index is 0.263. The summed E-state index contributed by atoms with van der Waals surface area (Å²) in [5.41, 5.74) is 5.04. The fourth-order valence-corrected chi connectivity index (χ4v) is 3.49. The zero-order valence-corrected chi connectivity index (χ0v) is 9.92. The third kappa shape index (κ3) is 3.73. The number of hydrogen-bond donors (Lipinski definition) is 3. The molecule has 0 aromatic rings. The summed E-state index contributed by atoms with van der Waals surface area (Å²) in [4.78, 5) is 10.3. The predicted molar refractivity (Wildman–Crippen MR) is 59.4 cm³/mol. The number of rotatable bonds is 6. The largest absolute Gasteiger partial charge is 0.481 e. The molecule has 0 aromatic carbocycles. The molecule has 0 bridgehead atoms. The third-order valence-corrected chi connectivity index (χ3v) is 4.39. The zero-order valence-electron chi connectivity index (χ0n) is 9.11. The van der Waals surface area contributed by atoms with Crippen molar-refractivity contribution in [2.45, 2.75) is 37.6 Å². The van der Waals surface area contributed by atoms with Gasteiger partial charge < -0.3 is 10.8 Å². The van der Waals surface area contributed by atoms with Gasteiger partial charge in [0.1, 0.15) is 0 Å². The first kappa shape index (κ1) is 13.4. The Hall–Kier alpha value is -0.660. The van der Waals surface area contributed by atoms with E-state index in [4.69, 9.17) is 10.8 Å². The molecule has 0 amide bonds. The number of nitrogens with one attached hydrogen (secondary N) is 1. The second-order valence-corrected chi connectivity index (χ2v) is 6.10. The van der Waals surface area contributed by atoms with Crippen LogP contribution >= 0.6 is 0 Å². The predicted octanol–water partition coefficient (Wildman–Crippen LogP) is -0.348. The van der Waals surface area contributed by atoms with Crippen molar-refractivity contribution in [2.75, 3.05) is 12.3 Å². The van der Waals surface area contributed by atoms with Crippen molar-refractivity contribution in [3.8, 4) is 0 Å². The highest BCUT2D eigenvalue weighted by molar-refractivity contribution is 7.89. The number of sulfonamides is 1. The Morgan fingerprint density at radius 2 is 1.94 bits per heavy atom. The molecule has 16 heavy (non-hydrogen) atoms. The molecule has 1 aliphatic carbocycles. The maximum absolute atomic E-state index is 11.6. The van der Waals surface area contributed by atoms with Crippen molar-refractivity contribution in [1.82, 2.24) is 4.72 Å². The van der Waals surface area contributed by atoms with Gasteiger partial charge in [0, 0.05) is 12.1 Å². The lowest BCUT2D eigenvalue weighted by molar-refractivity contribution is -0.136. The van der Waals surface area contributed by atoms with Crippen LogP contribution in [0, 0.1) is 0 Å². The Morgan fingerprint density at radius 3 is 2.38 bits per heavy atom. The average Bonchev–Trinajstić information content (AvgIpc) is 2.64. The summed E-state index contributed by atoms with van der Waals surface area (Å²) in [7, 11) is -3.54.